The van der Waals surface area contributed by atoms with Crippen molar-refractivity contribution in [3.05, 3.63) is 34.9 Å². The molecule has 4 nitrogen and oxygen atoms in total. The maximum absolute atomic E-state index is 11.3. The molecule has 0 bridgehead atoms. The summed E-state index contributed by atoms with van der Waals surface area (Å²) in [5.41, 5.74) is 0.346. The van der Waals surface area contributed by atoms with Crippen LogP contribution in [0.25, 0.3) is 0 Å². The zero-order valence-corrected chi connectivity index (χ0v) is 7.91. The lowest BCUT2D eigenvalue weighted by atomic mass is 10.2. The van der Waals surface area contributed by atoms with Crippen molar-refractivity contribution in [3.63, 3.8) is 0 Å². The monoisotopic (exact) mass is 213 g/mol. The first kappa shape index (κ1) is 10.5. The zero-order chi connectivity index (χ0) is 10.6. The van der Waals surface area contributed by atoms with Gasteiger partial charge in [-0.15, -0.1) is 0 Å². The summed E-state index contributed by atoms with van der Waals surface area (Å²) in [6, 6.07) is 6.29. The second-order valence-electron chi connectivity index (χ2n) is 2.59. The lowest BCUT2D eigenvalue weighted by molar-refractivity contribution is -0.135. The van der Waals surface area contributed by atoms with Gasteiger partial charge in [-0.3, -0.25) is 9.59 Å². The van der Waals surface area contributed by atoms with E-state index in [1.807, 2.05) is 0 Å². The largest absolute Gasteiger partial charge is 0.480 e. The molecule has 74 valence electrons. The molecule has 0 aromatic heterocycles. The van der Waals surface area contributed by atoms with E-state index in [2.05, 4.69) is 5.32 Å². The van der Waals surface area contributed by atoms with Gasteiger partial charge in [0.05, 0.1) is 0 Å². The fourth-order valence-electron chi connectivity index (χ4n) is 0.888. The van der Waals surface area contributed by atoms with Gasteiger partial charge in [-0.25, -0.2) is 0 Å². The minimum atomic E-state index is -1.08. The molecule has 0 fully saturated rings. The van der Waals surface area contributed by atoms with E-state index in [4.69, 9.17) is 16.7 Å². The maximum Gasteiger partial charge on any atom is 0.322 e. The molecule has 1 aromatic carbocycles. The maximum atomic E-state index is 11.3. The highest BCUT2D eigenvalue weighted by Gasteiger charge is 2.06. The van der Waals surface area contributed by atoms with E-state index in [0.717, 1.165) is 0 Å². The van der Waals surface area contributed by atoms with Gasteiger partial charge >= 0.3 is 5.97 Å². The standard InChI is InChI=1S/C9H8ClNO3/c10-7-3-1-2-6(4-7)9(14)11-5-8(12)13/h1-4H,5H2,(H,11,14)(H,12,13). The summed E-state index contributed by atoms with van der Waals surface area (Å²) in [6.07, 6.45) is 0. The van der Waals surface area contributed by atoms with Crippen molar-refractivity contribution in [3.8, 4) is 0 Å². The van der Waals surface area contributed by atoms with E-state index in [-0.39, 0.29) is 0 Å². The Labute approximate surface area is 85.5 Å². The number of carbonyl (C=O) groups excluding carboxylic acids is 1. The first-order chi connectivity index (χ1) is 6.59. The topological polar surface area (TPSA) is 66.4 Å². The molecular formula is C9H8ClNO3. The molecule has 0 heterocycles. The van der Waals surface area contributed by atoms with Gasteiger partial charge in [0.2, 0.25) is 0 Å². The van der Waals surface area contributed by atoms with Gasteiger partial charge in [-0.1, -0.05) is 17.7 Å². The van der Waals surface area contributed by atoms with Gasteiger partial charge in [0.15, 0.2) is 0 Å². The Bertz CT molecular complexity index is 365. The average Bonchev–Trinajstić information content (AvgIpc) is 2.14. The number of hydrogen-bond acceptors (Lipinski definition) is 2. The van der Waals surface area contributed by atoms with Crippen LogP contribution in [0.1, 0.15) is 10.4 Å². The first-order valence-electron chi connectivity index (χ1n) is 3.85. The van der Waals surface area contributed by atoms with Crippen molar-refractivity contribution in [1.29, 1.82) is 0 Å². The van der Waals surface area contributed by atoms with E-state index >= 15 is 0 Å². The summed E-state index contributed by atoms with van der Waals surface area (Å²) in [6.45, 7) is -0.397. The normalized spacial score (nSPS) is 9.50. The quantitative estimate of drug-likeness (QED) is 0.792. The number of amides is 1. The Kier molecular flexibility index (Phi) is 3.48. The Morgan fingerprint density at radius 2 is 2.14 bits per heavy atom. The molecule has 0 aliphatic carbocycles. The molecule has 1 amide bonds. The fourth-order valence-corrected chi connectivity index (χ4v) is 1.08. The first-order valence-corrected chi connectivity index (χ1v) is 4.23. The molecule has 0 aliphatic heterocycles. The summed E-state index contributed by atoms with van der Waals surface area (Å²) in [5, 5.41) is 11.0. The van der Waals surface area contributed by atoms with Crippen LogP contribution >= 0.6 is 11.6 Å². The van der Waals surface area contributed by atoms with Crippen molar-refractivity contribution >= 4 is 23.5 Å². The molecule has 1 aromatic rings. The second-order valence-corrected chi connectivity index (χ2v) is 3.02. The van der Waals surface area contributed by atoms with Gasteiger partial charge in [-0.2, -0.15) is 0 Å². The highest BCUT2D eigenvalue weighted by molar-refractivity contribution is 6.30. The number of nitrogens with one attached hydrogen (secondary N) is 1. The van der Waals surface area contributed by atoms with Crippen molar-refractivity contribution in [2.24, 2.45) is 0 Å². The third kappa shape index (κ3) is 3.06. The molecule has 0 unspecified atom stereocenters. The van der Waals surface area contributed by atoms with E-state index in [1.165, 1.54) is 6.07 Å². The summed E-state index contributed by atoms with van der Waals surface area (Å²) in [7, 11) is 0. The van der Waals surface area contributed by atoms with Crippen LogP contribution in [0.3, 0.4) is 0 Å². The van der Waals surface area contributed by atoms with E-state index in [9.17, 15) is 9.59 Å². The van der Waals surface area contributed by atoms with Gasteiger partial charge in [0.1, 0.15) is 6.54 Å². The van der Waals surface area contributed by atoms with Crippen LogP contribution < -0.4 is 5.32 Å². The Morgan fingerprint density at radius 1 is 1.43 bits per heavy atom. The lowest BCUT2D eigenvalue weighted by Gasteiger charge is -2.01. The number of carbonyl (C=O) groups is 2. The lowest BCUT2D eigenvalue weighted by Crippen LogP contribution is -2.29. The number of carboxylic acid groups (broad SMARTS) is 1. The molecule has 0 aliphatic rings. The molecule has 1 rings (SSSR count). The highest BCUT2D eigenvalue weighted by atomic mass is 35.5. The summed E-state index contributed by atoms with van der Waals surface area (Å²) >= 11 is 5.66. The third-order valence-electron chi connectivity index (χ3n) is 1.49. The number of hydrogen-bond donors (Lipinski definition) is 2. The van der Waals surface area contributed by atoms with Crippen LogP contribution in [0.5, 0.6) is 0 Å². The number of carboxylic acids is 1. The molecule has 0 saturated heterocycles. The Hall–Kier alpha value is -1.55. The van der Waals surface area contributed by atoms with E-state index < -0.39 is 18.4 Å². The second kappa shape index (κ2) is 4.62. The highest BCUT2D eigenvalue weighted by Crippen LogP contribution is 2.10. The van der Waals surface area contributed by atoms with Gasteiger partial charge in [0.25, 0.3) is 5.91 Å². The van der Waals surface area contributed by atoms with Crippen LogP contribution in [0.15, 0.2) is 24.3 Å². The number of benzene rings is 1. The molecule has 0 atom stereocenters. The van der Waals surface area contributed by atoms with Gasteiger partial charge in [0, 0.05) is 10.6 Å². The average molecular weight is 214 g/mol. The Balaban J connectivity index is 2.65. The van der Waals surface area contributed by atoms with Crippen molar-refractivity contribution < 1.29 is 14.7 Å². The van der Waals surface area contributed by atoms with Crippen LogP contribution in [0, 0.1) is 0 Å². The third-order valence-corrected chi connectivity index (χ3v) is 1.72. The van der Waals surface area contributed by atoms with Crippen LogP contribution in [0.4, 0.5) is 0 Å². The van der Waals surface area contributed by atoms with Crippen molar-refractivity contribution in [2.75, 3.05) is 6.54 Å². The molecular weight excluding hydrogens is 206 g/mol. The minimum Gasteiger partial charge on any atom is -0.480 e. The number of halogens is 1. The summed E-state index contributed by atoms with van der Waals surface area (Å²) in [4.78, 5) is 21.4. The minimum absolute atomic E-state index is 0.346. The molecule has 0 spiro atoms. The zero-order valence-electron chi connectivity index (χ0n) is 7.16. The van der Waals surface area contributed by atoms with Gasteiger partial charge < -0.3 is 10.4 Å². The molecule has 5 heteroatoms. The van der Waals surface area contributed by atoms with Crippen molar-refractivity contribution in [1.82, 2.24) is 5.32 Å². The Morgan fingerprint density at radius 3 is 2.71 bits per heavy atom. The molecule has 14 heavy (non-hydrogen) atoms. The van der Waals surface area contributed by atoms with E-state index in [0.29, 0.717) is 10.6 Å². The molecule has 0 radical (unpaired) electrons. The van der Waals surface area contributed by atoms with Crippen LogP contribution in [-0.4, -0.2) is 23.5 Å². The predicted molar refractivity (Wildman–Crippen MR) is 51.4 cm³/mol. The van der Waals surface area contributed by atoms with Gasteiger partial charge in [-0.05, 0) is 18.2 Å². The molecule has 0 saturated carbocycles. The van der Waals surface area contributed by atoms with Crippen LogP contribution in [0.2, 0.25) is 5.02 Å². The van der Waals surface area contributed by atoms with E-state index in [1.54, 1.807) is 18.2 Å². The number of aliphatic carboxylic acids is 1. The molecule has 2 N–H and O–H groups in total. The number of rotatable bonds is 3. The van der Waals surface area contributed by atoms with Crippen LogP contribution in [-0.2, 0) is 4.79 Å². The predicted octanol–water partition coefficient (Wildman–Crippen LogP) is 1.15. The smallest absolute Gasteiger partial charge is 0.322 e. The summed E-state index contributed by atoms with van der Waals surface area (Å²) in [5.74, 6) is -1.53. The fraction of sp³-hybridized carbons (Fsp3) is 0.111. The summed E-state index contributed by atoms with van der Waals surface area (Å²) < 4.78 is 0. The SMILES string of the molecule is O=C(O)CNC(=O)c1cccc(Cl)c1. The van der Waals surface area contributed by atoms with Crippen molar-refractivity contribution in [2.45, 2.75) is 0 Å².